The number of hydrogen-bond donors (Lipinski definition) is 1. The summed E-state index contributed by atoms with van der Waals surface area (Å²) in [4.78, 5) is 4.42. The Balaban J connectivity index is 2.24. The van der Waals surface area contributed by atoms with Crippen LogP contribution in [0.4, 0.5) is 18.9 Å². The zero-order valence-electron chi connectivity index (χ0n) is 11.0. The maximum Gasteiger partial charge on any atom is 0.418 e. The Morgan fingerprint density at radius 2 is 2.10 bits per heavy atom. The second-order valence-electron chi connectivity index (χ2n) is 4.87. The Bertz CT molecular complexity index is 529. The predicted molar refractivity (Wildman–Crippen MR) is 81.3 cm³/mol. The normalized spacial score (nSPS) is 19.4. The molecule has 7 heteroatoms. The van der Waals surface area contributed by atoms with Gasteiger partial charge in [0.25, 0.3) is 0 Å². The largest absolute Gasteiger partial charge is 0.418 e. The summed E-state index contributed by atoms with van der Waals surface area (Å²) in [6.45, 7) is 4.11. The van der Waals surface area contributed by atoms with Gasteiger partial charge in [0.05, 0.1) is 17.3 Å². The van der Waals surface area contributed by atoms with Gasteiger partial charge in [-0.05, 0) is 24.1 Å². The Hall–Kier alpha value is -0.690. The second-order valence-corrected chi connectivity index (χ2v) is 6.79. The van der Waals surface area contributed by atoms with Gasteiger partial charge in [-0.2, -0.15) is 13.2 Å². The highest BCUT2D eigenvalue weighted by Gasteiger charge is 2.34. The number of alkyl halides is 3. The molecule has 0 aliphatic carbocycles. The molecule has 1 heterocycles. The molecule has 1 aliphatic rings. The number of amidine groups is 1. The summed E-state index contributed by atoms with van der Waals surface area (Å²) in [5.41, 5.74) is -0.653. The number of anilines is 1. The van der Waals surface area contributed by atoms with Crippen LogP contribution in [-0.2, 0) is 6.18 Å². The van der Waals surface area contributed by atoms with Gasteiger partial charge in [0, 0.05) is 10.2 Å². The van der Waals surface area contributed by atoms with Gasteiger partial charge >= 0.3 is 6.18 Å². The number of thioether (sulfide) groups is 1. The van der Waals surface area contributed by atoms with E-state index in [9.17, 15) is 13.2 Å². The van der Waals surface area contributed by atoms with Gasteiger partial charge in [-0.25, -0.2) is 0 Å². The van der Waals surface area contributed by atoms with Crippen molar-refractivity contribution in [1.29, 1.82) is 0 Å². The molecule has 20 heavy (non-hydrogen) atoms. The molecular formula is C13H14BrF3N2S. The molecule has 0 fully saturated rings. The lowest BCUT2D eigenvalue weighted by Gasteiger charge is -2.14. The molecule has 0 aromatic heterocycles. The van der Waals surface area contributed by atoms with Crippen LogP contribution >= 0.6 is 27.7 Å². The number of rotatable bonds is 2. The van der Waals surface area contributed by atoms with E-state index in [1.807, 2.05) is 0 Å². The van der Waals surface area contributed by atoms with Gasteiger partial charge in [-0.15, -0.1) is 0 Å². The fourth-order valence-corrected chi connectivity index (χ4v) is 3.32. The highest BCUT2D eigenvalue weighted by atomic mass is 79.9. The summed E-state index contributed by atoms with van der Waals surface area (Å²) in [6.07, 6.45) is -4.40. The third-order valence-electron chi connectivity index (χ3n) is 2.97. The Labute approximate surface area is 128 Å². The average Bonchev–Trinajstić information content (AvgIpc) is 2.79. The second kappa shape index (κ2) is 5.97. The van der Waals surface area contributed by atoms with E-state index in [1.165, 1.54) is 17.8 Å². The molecule has 0 amide bonds. The van der Waals surface area contributed by atoms with Crippen molar-refractivity contribution in [3.05, 3.63) is 28.2 Å². The molecule has 0 spiro atoms. The molecular weight excluding hydrogens is 353 g/mol. The summed E-state index contributed by atoms with van der Waals surface area (Å²) >= 11 is 4.52. The molecule has 1 aromatic carbocycles. The fourth-order valence-electron chi connectivity index (χ4n) is 1.77. The molecule has 1 unspecified atom stereocenters. The van der Waals surface area contributed by atoms with Crippen LogP contribution in [0.1, 0.15) is 19.4 Å². The molecule has 1 atom stereocenters. The van der Waals surface area contributed by atoms with Crippen molar-refractivity contribution in [2.45, 2.75) is 26.1 Å². The van der Waals surface area contributed by atoms with Gasteiger partial charge in [0.2, 0.25) is 0 Å². The smallest absolute Gasteiger partial charge is 0.334 e. The van der Waals surface area contributed by atoms with Crippen LogP contribution in [-0.4, -0.2) is 17.0 Å². The number of nitrogens with zero attached hydrogens (tertiary/aromatic N) is 1. The van der Waals surface area contributed by atoms with Crippen LogP contribution in [0, 0.1) is 5.92 Å². The summed E-state index contributed by atoms with van der Waals surface area (Å²) in [5, 5.41) is 3.35. The molecule has 1 aromatic rings. The predicted octanol–water partition coefficient (Wildman–Crippen LogP) is 5.01. The highest BCUT2D eigenvalue weighted by Crippen LogP contribution is 2.37. The summed E-state index contributed by atoms with van der Waals surface area (Å²) in [5.74, 6) is 1.19. The van der Waals surface area contributed by atoms with Crippen molar-refractivity contribution in [3.8, 4) is 0 Å². The minimum Gasteiger partial charge on any atom is -0.334 e. The molecule has 0 saturated heterocycles. The van der Waals surface area contributed by atoms with E-state index < -0.39 is 11.7 Å². The zero-order chi connectivity index (χ0) is 14.9. The van der Waals surface area contributed by atoms with Crippen LogP contribution in [0.15, 0.2) is 27.7 Å². The lowest BCUT2D eigenvalue weighted by atomic mass is 10.1. The lowest BCUT2D eigenvalue weighted by Crippen LogP contribution is -2.14. The van der Waals surface area contributed by atoms with Crippen LogP contribution in [0.3, 0.4) is 0 Å². The van der Waals surface area contributed by atoms with E-state index in [4.69, 9.17) is 0 Å². The molecule has 0 radical (unpaired) electrons. The van der Waals surface area contributed by atoms with Crippen molar-refractivity contribution in [1.82, 2.24) is 0 Å². The molecule has 0 bridgehead atoms. The maximum absolute atomic E-state index is 13.0. The first-order valence-electron chi connectivity index (χ1n) is 6.11. The van der Waals surface area contributed by atoms with Gasteiger partial charge in [0.1, 0.15) is 0 Å². The van der Waals surface area contributed by atoms with Crippen molar-refractivity contribution in [2.24, 2.45) is 10.9 Å². The van der Waals surface area contributed by atoms with E-state index >= 15 is 0 Å². The first kappa shape index (κ1) is 15.7. The molecule has 1 aliphatic heterocycles. The van der Waals surface area contributed by atoms with E-state index in [-0.39, 0.29) is 11.7 Å². The van der Waals surface area contributed by atoms with E-state index in [2.05, 4.69) is 40.1 Å². The maximum atomic E-state index is 13.0. The number of nitrogens with one attached hydrogen (secondary N) is 1. The van der Waals surface area contributed by atoms with Gasteiger partial charge in [-0.1, -0.05) is 41.5 Å². The minimum atomic E-state index is -4.40. The van der Waals surface area contributed by atoms with Crippen LogP contribution < -0.4 is 5.32 Å². The zero-order valence-corrected chi connectivity index (χ0v) is 13.4. The molecule has 110 valence electrons. The minimum absolute atomic E-state index is 0.0383. The summed E-state index contributed by atoms with van der Waals surface area (Å²) < 4.78 is 39.4. The third kappa shape index (κ3) is 3.69. The summed E-state index contributed by atoms with van der Waals surface area (Å²) in [7, 11) is 0. The molecule has 2 nitrogen and oxygen atoms in total. The number of halogens is 4. The SMILES string of the molecule is CC(C)C1CSC(Nc2ccc(Br)cc2C(F)(F)F)=N1. The van der Waals surface area contributed by atoms with Gasteiger partial charge < -0.3 is 5.32 Å². The third-order valence-corrected chi connectivity index (χ3v) is 4.45. The number of hydrogen-bond acceptors (Lipinski definition) is 3. The van der Waals surface area contributed by atoms with Gasteiger partial charge in [0.15, 0.2) is 5.17 Å². The molecule has 2 rings (SSSR count). The average molecular weight is 367 g/mol. The first-order chi connectivity index (χ1) is 9.27. The van der Waals surface area contributed by atoms with Crippen LogP contribution in [0.5, 0.6) is 0 Å². The first-order valence-corrected chi connectivity index (χ1v) is 7.89. The van der Waals surface area contributed by atoms with Crippen molar-refractivity contribution < 1.29 is 13.2 Å². The van der Waals surface area contributed by atoms with Gasteiger partial charge in [-0.3, -0.25) is 4.99 Å². The molecule has 1 N–H and O–H groups in total. The van der Waals surface area contributed by atoms with E-state index in [1.54, 1.807) is 6.07 Å². The van der Waals surface area contributed by atoms with Crippen molar-refractivity contribution >= 4 is 38.5 Å². The quantitative estimate of drug-likeness (QED) is 0.795. The van der Waals surface area contributed by atoms with Crippen molar-refractivity contribution in [2.75, 3.05) is 11.1 Å². The highest BCUT2D eigenvalue weighted by molar-refractivity contribution is 9.10. The topological polar surface area (TPSA) is 24.4 Å². The number of aliphatic imine (C=N–C) groups is 1. The Kier molecular flexibility index (Phi) is 4.69. The summed E-state index contributed by atoms with van der Waals surface area (Å²) in [6, 6.07) is 4.23. The lowest BCUT2D eigenvalue weighted by molar-refractivity contribution is -0.136. The fraction of sp³-hybridized carbons (Fsp3) is 0.462. The van der Waals surface area contributed by atoms with E-state index in [0.717, 1.165) is 11.8 Å². The number of benzene rings is 1. The monoisotopic (exact) mass is 366 g/mol. The standard InChI is InChI=1S/C13H14BrF3N2S/c1-7(2)11-6-20-12(19-11)18-10-4-3-8(14)5-9(10)13(15,16)17/h3-5,7,11H,6H2,1-2H3,(H,18,19). The van der Waals surface area contributed by atoms with Crippen LogP contribution in [0.2, 0.25) is 0 Å². The molecule has 0 saturated carbocycles. The van der Waals surface area contributed by atoms with Crippen LogP contribution in [0.25, 0.3) is 0 Å². The van der Waals surface area contributed by atoms with E-state index in [0.29, 0.717) is 15.6 Å². The van der Waals surface area contributed by atoms with Crippen molar-refractivity contribution in [3.63, 3.8) is 0 Å². The Morgan fingerprint density at radius 1 is 1.40 bits per heavy atom. The Morgan fingerprint density at radius 3 is 2.65 bits per heavy atom.